The fourth-order valence-corrected chi connectivity index (χ4v) is 2.98. The van der Waals surface area contributed by atoms with E-state index in [1.165, 1.54) is 16.3 Å². The Labute approximate surface area is 103 Å². The lowest BCUT2D eigenvalue weighted by Crippen LogP contribution is -2.03. The standard InChI is InChI=1S/C12H12FNS2/c13-10-3-5-11(6-4-10)14-7-9-16-12-2-1-8-15-12/h1-6,8,14H,7,9H2. The number of hydrogen-bond donors (Lipinski definition) is 1. The minimum atomic E-state index is -0.196. The summed E-state index contributed by atoms with van der Waals surface area (Å²) in [5.74, 6) is 0.816. The second kappa shape index (κ2) is 5.92. The Kier molecular flexibility index (Phi) is 4.25. The number of rotatable bonds is 5. The molecule has 1 aromatic carbocycles. The molecule has 4 heteroatoms. The summed E-state index contributed by atoms with van der Waals surface area (Å²) in [7, 11) is 0. The molecule has 0 unspecified atom stereocenters. The maximum Gasteiger partial charge on any atom is 0.123 e. The highest BCUT2D eigenvalue weighted by atomic mass is 32.2. The second-order valence-corrected chi connectivity index (χ2v) is 5.56. The topological polar surface area (TPSA) is 12.0 Å². The first kappa shape index (κ1) is 11.5. The maximum atomic E-state index is 12.6. The van der Waals surface area contributed by atoms with E-state index in [0.29, 0.717) is 0 Å². The zero-order chi connectivity index (χ0) is 11.2. The Morgan fingerprint density at radius 3 is 2.69 bits per heavy atom. The molecule has 0 saturated heterocycles. The SMILES string of the molecule is Fc1ccc(NCCSc2cccs2)cc1. The third-order valence-electron chi connectivity index (χ3n) is 2.01. The third-order valence-corrected chi connectivity index (χ3v) is 4.15. The number of thioether (sulfide) groups is 1. The molecular weight excluding hydrogens is 241 g/mol. The number of halogens is 1. The predicted molar refractivity (Wildman–Crippen MR) is 69.9 cm³/mol. The number of thiophene rings is 1. The molecule has 0 fully saturated rings. The molecule has 84 valence electrons. The molecule has 0 aliphatic heterocycles. The summed E-state index contributed by atoms with van der Waals surface area (Å²) < 4.78 is 14.0. The van der Waals surface area contributed by atoms with Crippen LogP contribution in [0.15, 0.2) is 46.0 Å². The number of benzene rings is 1. The highest BCUT2D eigenvalue weighted by Crippen LogP contribution is 2.22. The first-order valence-corrected chi connectivity index (χ1v) is 6.87. The molecule has 0 bridgehead atoms. The lowest BCUT2D eigenvalue weighted by molar-refractivity contribution is 0.628. The van der Waals surface area contributed by atoms with Crippen molar-refractivity contribution in [3.05, 3.63) is 47.6 Å². The van der Waals surface area contributed by atoms with Gasteiger partial charge in [0.05, 0.1) is 4.21 Å². The van der Waals surface area contributed by atoms with Gasteiger partial charge in [-0.15, -0.1) is 23.1 Å². The number of hydrogen-bond acceptors (Lipinski definition) is 3. The molecule has 0 aliphatic rings. The van der Waals surface area contributed by atoms with Gasteiger partial charge in [0.2, 0.25) is 0 Å². The Morgan fingerprint density at radius 2 is 2.00 bits per heavy atom. The first-order chi connectivity index (χ1) is 7.84. The quantitative estimate of drug-likeness (QED) is 0.636. The lowest BCUT2D eigenvalue weighted by Gasteiger charge is -2.04. The van der Waals surface area contributed by atoms with Gasteiger partial charge in [-0.25, -0.2) is 4.39 Å². The first-order valence-electron chi connectivity index (χ1n) is 5.00. The summed E-state index contributed by atoms with van der Waals surface area (Å²) in [5.41, 5.74) is 0.966. The fourth-order valence-electron chi connectivity index (χ4n) is 1.26. The van der Waals surface area contributed by atoms with Crippen molar-refractivity contribution in [3.63, 3.8) is 0 Å². The van der Waals surface area contributed by atoms with Gasteiger partial charge in [0, 0.05) is 18.0 Å². The largest absolute Gasteiger partial charge is 0.384 e. The predicted octanol–water partition coefficient (Wildman–Crippen LogP) is 4.09. The summed E-state index contributed by atoms with van der Waals surface area (Å²) in [6.07, 6.45) is 0. The Hall–Kier alpha value is -1.00. The van der Waals surface area contributed by atoms with E-state index in [9.17, 15) is 4.39 Å². The van der Waals surface area contributed by atoms with Gasteiger partial charge in [-0.1, -0.05) is 6.07 Å². The van der Waals surface area contributed by atoms with E-state index in [2.05, 4.69) is 22.8 Å². The smallest absolute Gasteiger partial charge is 0.123 e. The van der Waals surface area contributed by atoms with Crippen LogP contribution in [0.2, 0.25) is 0 Å². The molecule has 2 aromatic rings. The van der Waals surface area contributed by atoms with Crippen LogP contribution in [-0.2, 0) is 0 Å². The normalized spacial score (nSPS) is 10.3. The van der Waals surface area contributed by atoms with Crippen LogP contribution in [0.4, 0.5) is 10.1 Å². The summed E-state index contributed by atoms with van der Waals surface area (Å²) in [6, 6.07) is 10.6. The average molecular weight is 253 g/mol. The van der Waals surface area contributed by atoms with Crippen LogP contribution >= 0.6 is 23.1 Å². The van der Waals surface area contributed by atoms with E-state index >= 15 is 0 Å². The van der Waals surface area contributed by atoms with Gasteiger partial charge in [-0.05, 0) is 35.7 Å². The molecule has 0 atom stereocenters. The Morgan fingerprint density at radius 1 is 1.19 bits per heavy atom. The molecular formula is C12H12FNS2. The maximum absolute atomic E-state index is 12.6. The summed E-state index contributed by atoms with van der Waals surface area (Å²) in [6.45, 7) is 0.883. The van der Waals surface area contributed by atoms with Crippen molar-refractivity contribution >= 4 is 28.8 Å². The average Bonchev–Trinajstić information content (AvgIpc) is 2.80. The lowest BCUT2D eigenvalue weighted by atomic mass is 10.3. The summed E-state index contributed by atoms with van der Waals surface area (Å²) in [5, 5.41) is 5.33. The zero-order valence-corrected chi connectivity index (χ0v) is 10.3. The van der Waals surface area contributed by atoms with E-state index in [1.54, 1.807) is 23.5 Å². The fraction of sp³-hybridized carbons (Fsp3) is 0.167. The van der Waals surface area contributed by atoms with Crippen molar-refractivity contribution in [2.24, 2.45) is 0 Å². The third kappa shape index (κ3) is 3.54. The number of nitrogens with one attached hydrogen (secondary N) is 1. The van der Waals surface area contributed by atoms with Crippen molar-refractivity contribution in [1.82, 2.24) is 0 Å². The van der Waals surface area contributed by atoms with E-state index in [1.807, 2.05) is 11.8 Å². The molecule has 1 aromatic heterocycles. The van der Waals surface area contributed by atoms with E-state index in [0.717, 1.165) is 18.0 Å². The van der Waals surface area contributed by atoms with Gasteiger partial charge >= 0.3 is 0 Å². The molecule has 0 spiro atoms. The van der Waals surface area contributed by atoms with Gasteiger partial charge in [0.25, 0.3) is 0 Å². The van der Waals surface area contributed by atoms with Crippen molar-refractivity contribution < 1.29 is 4.39 Å². The van der Waals surface area contributed by atoms with Gasteiger partial charge < -0.3 is 5.32 Å². The van der Waals surface area contributed by atoms with Crippen molar-refractivity contribution in [2.45, 2.75) is 4.21 Å². The number of anilines is 1. The highest BCUT2D eigenvalue weighted by molar-refractivity contribution is 8.01. The van der Waals surface area contributed by atoms with E-state index in [4.69, 9.17) is 0 Å². The minimum Gasteiger partial charge on any atom is -0.384 e. The Balaban J connectivity index is 1.70. The molecule has 1 heterocycles. The zero-order valence-electron chi connectivity index (χ0n) is 8.65. The van der Waals surface area contributed by atoms with Crippen molar-refractivity contribution in [2.75, 3.05) is 17.6 Å². The van der Waals surface area contributed by atoms with Gasteiger partial charge in [-0.3, -0.25) is 0 Å². The van der Waals surface area contributed by atoms with Crippen LogP contribution in [0.3, 0.4) is 0 Å². The van der Waals surface area contributed by atoms with Crippen LogP contribution < -0.4 is 5.32 Å². The molecule has 0 aliphatic carbocycles. The molecule has 1 nitrogen and oxygen atoms in total. The molecule has 1 N–H and O–H groups in total. The van der Waals surface area contributed by atoms with Crippen LogP contribution in [0.1, 0.15) is 0 Å². The molecule has 0 radical (unpaired) electrons. The van der Waals surface area contributed by atoms with Crippen LogP contribution in [0.5, 0.6) is 0 Å². The van der Waals surface area contributed by atoms with E-state index in [-0.39, 0.29) is 5.82 Å². The Bertz CT molecular complexity index is 411. The summed E-state index contributed by atoms with van der Waals surface area (Å²) in [4.78, 5) is 0. The van der Waals surface area contributed by atoms with Crippen LogP contribution in [0, 0.1) is 5.82 Å². The van der Waals surface area contributed by atoms with Crippen LogP contribution in [-0.4, -0.2) is 12.3 Å². The molecule has 16 heavy (non-hydrogen) atoms. The highest BCUT2D eigenvalue weighted by Gasteiger charge is 1.95. The van der Waals surface area contributed by atoms with Gasteiger partial charge in [0.1, 0.15) is 5.82 Å². The monoisotopic (exact) mass is 253 g/mol. The second-order valence-electron chi connectivity index (χ2n) is 3.21. The summed E-state index contributed by atoms with van der Waals surface area (Å²) >= 11 is 3.59. The van der Waals surface area contributed by atoms with Crippen LogP contribution in [0.25, 0.3) is 0 Å². The van der Waals surface area contributed by atoms with Crippen molar-refractivity contribution in [1.29, 1.82) is 0 Å². The van der Waals surface area contributed by atoms with E-state index < -0.39 is 0 Å². The molecule has 0 saturated carbocycles. The van der Waals surface area contributed by atoms with Gasteiger partial charge in [-0.2, -0.15) is 0 Å². The van der Waals surface area contributed by atoms with Gasteiger partial charge in [0.15, 0.2) is 0 Å². The minimum absolute atomic E-state index is 0.196. The molecule has 2 rings (SSSR count). The molecule has 0 amide bonds. The van der Waals surface area contributed by atoms with Crippen molar-refractivity contribution in [3.8, 4) is 0 Å².